The predicted molar refractivity (Wildman–Crippen MR) is 109 cm³/mol. The number of imidazole rings is 1. The second-order valence-corrected chi connectivity index (χ2v) is 7.52. The molecular weight excluding hydrogens is 336 g/mol. The Hall–Kier alpha value is -2.37. The molecule has 0 spiro atoms. The van der Waals surface area contributed by atoms with Crippen LogP contribution < -0.4 is 4.90 Å². The van der Waals surface area contributed by atoms with Crippen LogP contribution in [0.4, 0.5) is 5.69 Å². The predicted octanol–water partition coefficient (Wildman–Crippen LogP) is 3.53. The summed E-state index contributed by atoms with van der Waals surface area (Å²) in [6.07, 6.45) is 2.46. The number of morpholine rings is 1. The van der Waals surface area contributed by atoms with Gasteiger partial charge in [-0.3, -0.25) is 4.90 Å². The van der Waals surface area contributed by atoms with Crippen LogP contribution in [-0.2, 0) is 4.74 Å². The van der Waals surface area contributed by atoms with E-state index in [2.05, 4.69) is 51.2 Å². The van der Waals surface area contributed by atoms with Crippen LogP contribution in [0.5, 0.6) is 0 Å². The first-order valence-electron chi connectivity index (χ1n) is 9.99. The van der Waals surface area contributed by atoms with Gasteiger partial charge in [0, 0.05) is 43.5 Å². The van der Waals surface area contributed by atoms with Gasteiger partial charge in [-0.05, 0) is 37.1 Å². The quantitative estimate of drug-likeness (QED) is 0.774. The molecule has 0 radical (unpaired) electrons. The molecule has 2 aliphatic rings. The summed E-state index contributed by atoms with van der Waals surface area (Å²) < 4.78 is 5.50. The third-order valence-corrected chi connectivity index (χ3v) is 5.90. The number of nitrogens with zero attached hydrogens (tertiary/aromatic N) is 3. The molecular formula is C22H26N4O. The van der Waals surface area contributed by atoms with Gasteiger partial charge in [0.25, 0.3) is 0 Å². The SMILES string of the molecule is c1cc(-c2nc3ccccc3[nH]2)cc(N2CCC(N3CCOCC3)CC2)c1. The number of aromatic amines is 1. The fourth-order valence-electron chi connectivity index (χ4n) is 4.37. The normalized spacial score (nSPS) is 19.6. The molecule has 5 nitrogen and oxygen atoms in total. The van der Waals surface area contributed by atoms with Crippen molar-refractivity contribution >= 4 is 16.7 Å². The summed E-state index contributed by atoms with van der Waals surface area (Å²) in [6.45, 7) is 6.19. The Morgan fingerprint density at radius 1 is 0.926 bits per heavy atom. The summed E-state index contributed by atoms with van der Waals surface area (Å²) in [5.41, 5.74) is 4.56. The van der Waals surface area contributed by atoms with Crippen LogP contribution in [-0.4, -0.2) is 60.3 Å². The number of fused-ring (bicyclic) bond motifs is 1. The second kappa shape index (κ2) is 7.33. The molecule has 3 aromatic rings. The molecule has 1 aromatic heterocycles. The molecule has 27 heavy (non-hydrogen) atoms. The molecule has 2 saturated heterocycles. The Balaban J connectivity index is 1.31. The third-order valence-electron chi connectivity index (χ3n) is 5.90. The molecule has 0 bridgehead atoms. The van der Waals surface area contributed by atoms with Gasteiger partial charge in [0.1, 0.15) is 5.82 Å². The number of piperidine rings is 1. The maximum absolute atomic E-state index is 5.50. The Morgan fingerprint density at radius 3 is 2.56 bits per heavy atom. The summed E-state index contributed by atoms with van der Waals surface area (Å²) in [5.74, 6) is 0.946. The summed E-state index contributed by atoms with van der Waals surface area (Å²) in [7, 11) is 0. The van der Waals surface area contributed by atoms with E-state index in [0.717, 1.165) is 61.8 Å². The minimum Gasteiger partial charge on any atom is -0.379 e. The molecule has 2 fully saturated rings. The number of rotatable bonds is 3. The van der Waals surface area contributed by atoms with Gasteiger partial charge in [0.15, 0.2) is 0 Å². The first-order valence-corrected chi connectivity index (χ1v) is 9.99. The van der Waals surface area contributed by atoms with E-state index in [-0.39, 0.29) is 0 Å². The second-order valence-electron chi connectivity index (χ2n) is 7.52. The van der Waals surface area contributed by atoms with Crippen LogP contribution in [0.3, 0.4) is 0 Å². The van der Waals surface area contributed by atoms with Crippen LogP contribution >= 0.6 is 0 Å². The highest BCUT2D eigenvalue weighted by Gasteiger charge is 2.26. The van der Waals surface area contributed by atoms with Crippen LogP contribution in [0.15, 0.2) is 48.5 Å². The van der Waals surface area contributed by atoms with Crippen LogP contribution in [0.25, 0.3) is 22.4 Å². The average molecular weight is 362 g/mol. The van der Waals surface area contributed by atoms with Gasteiger partial charge >= 0.3 is 0 Å². The molecule has 0 aliphatic carbocycles. The zero-order chi connectivity index (χ0) is 18.1. The molecule has 140 valence electrons. The van der Waals surface area contributed by atoms with Gasteiger partial charge in [-0.25, -0.2) is 4.98 Å². The zero-order valence-corrected chi connectivity index (χ0v) is 15.6. The first-order chi connectivity index (χ1) is 13.4. The molecule has 0 unspecified atom stereocenters. The van der Waals surface area contributed by atoms with Crippen molar-refractivity contribution in [2.45, 2.75) is 18.9 Å². The lowest BCUT2D eigenvalue weighted by atomic mass is 10.0. The standard InChI is InChI=1S/C22H26N4O/c1-2-7-21-20(6-1)23-22(24-21)17-4-3-5-19(16-17)25-10-8-18(9-11-25)26-12-14-27-15-13-26/h1-7,16,18H,8-15H2,(H,23,24). The number of H-pyrrole nitrogens is 1. The molecule has 5 rings (SSSR count). The van der Waals surface area contributed by atoms with Crippen molar-refractivity contribution < 1.29 is 4.74 Å². The highest BCUT2D eigenvalue weighted by molar-refractivity contribution is 5.79. The van der Waals surface area contributed by atoms with Crippen molar-refractivity contribution in [2.24, 2.45) is 0 Å². The number of ether oxygens (including phenoxy) is 1. The number of benzene rings is 2. The van der Waals surface area contributed by atoms with Crippen LogP contribution in [0.1, 0.15) is 12.8 Å². The lowest BCUT2D eigenvalue weighted by Gasteiger charge is -2.40. The fraction of sp³-hybridized carbons (Fsp3) is 0.409. The van der Waals surface area contributed by atoms with Crippen molar-refractivity contribution in [1.82, 2.24) is 14.9 Å². The van der Waals surface area contributed by atoms with Gasteiger partial charge in [-0.2, -0.15) is 0 Å². The van der Waals surface area contributed by atoms with E-state index < -0.39 is 0 Å². The van der Waals surface area contributed by atoms with E-state index in [4.69, 9.17) is 9.72 Å². The highest BCUT2D eigenvalue weighted by Crippen LogP contribution is 2.28. The minimum absolute atomic E-state index is 0.712. The molecule has 2 aromatic carbocycles. The zero-order valence-electron chi connectivity index (χ0n) is 15.6. The van der Waals surface area contributed by atoms with Gasteiger partial charge in [-0.15, -0.1) is 0 Å². The largest absolute Gasteiger partial charge is 0.379 e. The van der Waals surface area contributed by atoms with Gasteiger partial charge < -0.3 is 14.6 Å². The number of hydrogen-bond acceptors (Lipinski definition) is 4. The summed E-state index contributed by atoms with van der Waals surface area (Å²) in [4.78, 5) is 13.3. The van der Waals surface area contributed by atoms with Crippen molar-refractivity contribution in [3.63, 3.8) is 0 Å². The first kappa shape index (κ1) is 16.8. The minimum atomic E-state index is 0.712. The van der Waals surface area contributed by atoms with Crippen molar-refractivity contribution in [3.05, 3.63) is 48.5 Å². The van der Waals surface area contributed by atoms with E-state index in [1.807, 2.05) is 12.1 Å². The molecule has 2 aliphatic heterocycles. The molecule has 1 N–H and O–H groups in total. The smallest absolute Gasteiger partial charge is 0.138 e. The lowest BCUT2D eigenvalue weighted by Crippen LogP contribution is -2.49. The van der Waals surface area contributed by atoms with Gasteiger partial charge in [-0.1, -0.05) is 24.3 Å². The fourth-order valence-corrected chi connectivity index (χ4v) is 4.37. The van der Waals surface area contributed by atoms with E-state index in [1.165, 1.54) is 18.5 Å². The number of anilines is 1. The Labute approximate surface area is 160 Å². The molecule has 0 atom stereocenters. The lowest BCUT2D eigenvalue weighted by molar-refractivity contribution is 0.0115. The number of aromatic nitrogens is 2. The number of para-hydroxylation sites is 2. The van der Waals surface area contributed by atoms with E-state index in [0.29, 0.717) is 6.04 Å². The number of nitrogens with one attached hydrogen (secondary N) is 1. The maximum Gasteiger partial charge on any atom is 0.138 e. The average Bonchev–Trinajstić information content (AvgIpc) is 3.19. The summed E-state index contributed by atoms with van der Waals surface area (Å²) in [6, 6.07) is 17.7. The highest BCUT2D eigenvalue weighted by atomic mass is 16.5. The monoisotopic (exact) mass is 362 g/mol. The van der Waals surface area contributed by atoms with E-state index in [9.17, 15) is 0 Å². The third kappa shape index (κ3) is 3.45. The van der Waals surface area contributed by atoms with Crippen molar-refractivity contribution in [1.29, 1.82) is 0 Å². The van der Waals surface area contributed by atoms with Crippen molar-refractivity contribution in [3.8, 4) is 11.4 Å². The van der Waals surface area contributed by atoms with E-state index in [1.54, 1.807) is 0 Å². The van der Waals surface area contributed by atoms with Gasteiger partial charge in [0.2, 0.25) is 0 Å². The maximum atomic E-state index is 5.50. The van der Waals surface area contributed by atoms with Crippen LogP contribution in [0.2, 0.25) is 0 Å². The summed E-state index contributed by atoms with van der Waals surface area (Å²) >= 11 is 0. The molecule has 0 amide bonds. The van der Waals surface area contributed by atoms with E-state index >= 15 is 0 Å². The van der Waals surface area contributed by atoms with Crippen molar-refractivity contribution in [2.75, 3.05) is 44.3 Å². The molecule has 0 saturated carbocycles. The number of hydrogen-bond donors (Lipinski definition) is 1. The summed E-state index contributed by atoms with van der Waals surface area (Å²) in [5, 5.41) is 0. The molecule has 5 heteroatoms. The Morgan fingerprint density at radius 2 is 1.74 bits per heavy atom. The Bertz CT molecular complexity index is 874. The molecule has 3 heterocycles. The van der Waals surface area contributed by atoms with Crippen LogP contribution in [0, 0.1) is 0 Å². The Kier molecular flexibility index (Phi) is 4.56. The van der Waals surface area contributed by atoms with Gasteiger partial charge in [0.05, 0.1) is 24.2 Å². The topological polar surface area (TPSA) is 44.4 Å².